The Morgan fingerprint density at radius 1 is 0.838 bits per heavy atom. The van der Waals surface area contributed by atoms with Crippen LogP contribution in [0.15, 0.2) is 65.4 Å². The van der Waals surface area contributed by atoms with Gasteiger partial charge in [0.1, 0.15) is 18.3 Å². The van der Waals surface area contributed by atoms with Gasteiger partial charge in [0.25, 0.3) is 0 Å². The number of anilines is 1. The predicted molar refractivity (Wildman–Crippen MR) is 148 cm³/mol. The van der Waals surface area contributed by atoms with Crippen molar-refractivity contribution in [3.05, 3.63) is 72.4 Å². The van der Waals surface area contributed by atoms with Gasteiger partial charge in [0.15, 0.2) is 0 Å². The van der Waals surface area contributed by atoms with Gasteiger partial charge in [-0.3, -0.25) is 14.5 Å². The summed E-state index contributed by atoms with van der Waals surface area (Å²) in [5.74, 6) is 0.696. The summed E-state index contributed by atoms with van der Waals surface area (Å²) in [6.45, 7) is 5.01. The predicted octanol–water partition coefficient (Wildman–Crippen LogP) is 7.28. The summed E-state index contributed by atoms with van der Waals surface area (Å²) in [7, 11) is 0. The third-order valence-corrected chi connectivity index (χ3v) is 7.26. The number of carbonyl (C=O) groups is 2. The Bertz CT molecular complexity index is 1130. The largest absolute Gasteiger partial charge is 0.467 e. The summed E-state index contributed by atoms with van der Waals surface area (Å²) in [5.41, 5.74) is 2.75. The Balaban J connectivity index is 1.51. The molecule has 1 aliphatic rings. The molecule has 6 nitrogen and oxygen atoms in total. The third kappa shape index (κ3) is 6.35. The highest BCUT2D eigenvalue weighted by atomic mass is 16.3. The molecule has 0 N–H and O–H groups in total. The van der Waals surface area contributed by atoms with E-state index in [0.717, 1.165) is 42.8 Å². The molecule has 0 aliphatic carbocycles. The van der Waals surface area contributed by atoms with E-state index in [-0.39, 0.29) is 18.4 Å². The quantitative estimate of drug-likeness (QED) is 0.217. The van der Waals surface area contributed by atoms with Crippen molar-refractivity contribution in [2.75, 3.05) is 18.0 Å². The summed E-state index contributed by atoms with van der Waals surface area (Å²) >= 11 is 0. The van der Waals surface area contributed by atoms with Crippen LogP contribution in [0.1, 0.15) is 95.6 Å². The minimum Gasteiger partial charge on any atom is -0.467 e. The standard InChI is InChI=1S/C31H41N3O3/c1-3-5-7-8-9-10-11-20-29(35)32(21-6-4-2)24-30(36)34-26-17-13-12-16-25(26)33-22-14-18-27(33)31(34)28-19-15-23-37-28/h12-19,22-23,31H,3-11,20-21,24H2,1-2H3. The number of nitrogens with zero attached hydrogens (tertiary/aromatic N) is 3. The van der Waals surface area contributed by atoms with Crippen LogP contribution in [0.5, 0.6) is 0 Å². The van der Waals surface area contributed by atoms with Gasteiger partial charge in [-0.2, -0.15) is 0 Å². The van der Waals surface area contributed by atoms with Crippen molar-refractivity contribution < 1.29 is 14.0 Å². The number of furan rings is 1. The summed E-state index contributed by atoms with van der Waals surface area (Å²) in [6, 6.07) is 15.3. The van der Waals surface area contributed by atoms with E-state index in [2.05, 4.69) is 18.4 Å². The molecule has 37 heavy (non-hydrogen) atoms. The first-order valence-corrected chi connectivity index (χ1v) is 14.1. The van der Waals surface area contributed by atoms with Gasteiger partial charge < -0.3 is 13.9 Å². The summed E-state index contributed by atoms with van der Waals surface area (Å²) in [6.07, 6.45) is 14.2. The number of amides is 2. The second-order valence-corrected chi connectivity index (χ2v) is 10.0. The van der Waals surface area contributed by atoms with Crippen LogP contribution in [0.3, 0.4) is 0 Å². The van der Waals surface area contributed by atoms with Crippen LogP contribution in [-0.2, 0) is 9.59 Å². The van der Waals surface area contributed by atoms with E-state index in [1.807, 2.05) is 59.6 Å². The monoisotopic (exact) mass is 503 g/mol. The van der Waals surface area contributed by atoms with Crippen molar-refractivity contribution in [3.63, 3.8) is 0 Å². The molecule has 0 bridgehead atoms. The molecule has 0 saturated heterocycles. The maximum Gasteiger partial charge on any atom is 0.247 e. The van der Waals surface area contributed by atoms with Crippen LogP contribution in [-0.4, -0.2) is 34.4 Å². The molecule has 3 heterocycles. The van der Waals surface area contributed by atoms with E-state index in [1.54, 1.807) is 11.2 Å². The van der Waals surface area contributed by atoms with Crippen molar-refractivity contribution in [1.29, 1.82) is 0 Å². The fraction of sp³-hybridized carbons (Fsp3) is 0.484. The number of fused-ring (bicyclic) bond motifs is 3. The van der Waals surface area contributed by atoms with Crippen molar-refractivity contribution in [2.45, 2.75) is 84.1 Å². The van der Waals surface area contributed by atoms with E-state index in [0.29, 0.717) is 18.7 Å². The number of hydrogen-bond donors (Lipinski definition) is 0. The van der Waals surface area contributed by atoms with Crippen LogP contribution in [0.4, 0.5) is 5.69 Å². The van der Waals surface area contributed by atoms with Crippen LogP contribution < -0.4 is 4.90 Å². The Labute approximate surface area is 221 Å². The zero-order valence-electron chi connectivity index (χ0n) is 22.4. The molecule has 1 unspecified atom stereocenters. The number of aromatic nitrogens is 1. The van der Waals surface area contributed by atoms with Gasteiger partial charge in [-0.1, -0.05) is 70.9 Å². The van der Waals surface area contributed by atoms with E-state index in [9.17, 15) is 9.59 Å². The molecule has 2 amide bonds. The first-order valence-electron chi connectivity index (χ1n) is 14.1. The highest BCUT2D eigenvalue weighted by Gasteiger charge is 2.38. The molecule has 0 radical (unpaired) electrons. The first-order chi connectivity index (χ1) is 18.2. The normalized spacial score (nSPS) is 14.3. The molecule has 2 aromatic heterocycles. The number of unbranched alkanes of at least 4 members (excludes halogenated alkanes) is 7. The summed E-state index contributed by atoms with van der Waals surface area (Å²) < 4.78 is 7.94. The molecule has 1 atom stereocenters. The average Bonchev–Trinajstić information content (AvgIpc) is 3.62. The second-order valence-electron chi connectivity index (χ2n) is 10.0. The van der Waals surface area contributed by atoms with Gasteiger partial charge in [-0.15, -0.1) is 0 Å². The van der Waals surface area contributed by atoms with E-state index in [4.69, 9.17) is 4.42 Å². The van der Waals surface area contributed by atoms with Crippen molar-refractivity contribution in [1.82, 2.24) is 9.47 Å². The minimum absolute atomic E-state index is 0.0710. The van der Waals surface area contributed by atoms with Gasteiger partial charge >= 0.3 is 0 Å². The molecular weight excluding hydrogens is 462 g/mol. The SMILES string of the molecule is CCCCCCCCCC(=O)N(CCCC)CC(=O)N1c2ccccc2-n2cccc2C1c1ccco1. The maximum absolute atomic E-state index is 14.0. The molecule has 6 heteroatoms. The van der Waals surface area contributed by atoms with Crippen LogP contribution >= 0.6 is 0 Å². The third-order valence-electron chi connectivity index (χ3n) is 7.26. The lowest BCUT2D eigenvalue weighted by atomic mass is 10.0. The minimum atomic E-state index is -0.390. The molecule has 4 rings (SSSR count). The fourth-order valence-corrected chi connectivity index (χ4v) is 5.25. The Kier molecular flexibility index (Phi) is 9.64. The smallest absolute Gasteiger partial charge is 0.247 e. The molecule has 0 spiro atoms. The second kappa shape index (κ2) is 13.3. The van der Waals surface area contributed by atoms with Crippen LogP contribution in [0.2, 0.25) is 0 Å². The molecule has 3 aromatic rings. The van der Waals surface area contributed by atoms with Gasteiger partial charge in [-0.05, 0) is 49.2 Å². The summed E-state index contributed by atoms with van der Waals surface area (Å²) in [5, 5.41) is 0. The molecule has 0 fully saturated rings. The molecule has 1 aliphatic heterocycles. The number of carbonyl (C=O) groups excluding carboxylic acids is 2. The number of rotatable bonds is 14. The van der Waals surface area contributed by atoms with Gasteiger partial charge in [-0.25, -0.2) is 0 Å². The Morgan fingerprint density at radius 2 is 1.57 bits per heavy atom. The Hall–Kier alpha value is -3.28. The zero-order chi connectivity index (χ0) is 26.0. The Morgan fingerprint density at radius 3 is 2.30 bits per heavy atom. The topological polar surface area (TPSA) is 58.7 Å². The number of benzene rings is 1. The van der Waals surface area contributed by atoms with Crippen LogP contribution in [0.25, 0.3) is 5.69 Å². The highest BCUT2D eigenvalue weighted by molar-refractivity contribution is 6.00. The average molecular weight is 504 g/mol. The highest BCUT2D eigenvalue weighted by Crippen LogP contribution is 2.42. The fourth-order valence-electron chi connectivity index (χ4n) is 5.25. The number of para-hydroxylation sites is 2. The first kappa shape index (κ1) is 26.8. The van der Waals surface area contributed by atoms with Gasteiger partial charge in [0.2, 0.25) is 11.8 Å². The lowest BCUT2D eigenvalue weighted by Crippen LogP contribution is -2.47. The summed E-state index contributed by atoms with van der Waals surface area (Å²) in [4.78, 5) is 30.9. The van der Waals surface area contributed by atoms with Crippen molar-refractivity contribution >= 4 is 17.5 Å². The van der Waals surface area contributed by atoms with E-state index in [1.165, 1.54) is 32.1 Å². The van der Waals surface area contributed by atoms with Crippen LogP contribution in [0, 0.1) is 0 Å². The lowest BCUT2D eigenvalue weighted by Gasteiger charge is -2.38. The lowest BCUT2D eigenvalue weighted by molar-refractivity contribution is -0.135. The molecule has 1 aromatic carbocycles. The molecular formula is C31H41N3O3. The van der Waals surface area contributed by atoms with Crippen molar-refractivity contribution in [3.8, 4) is 5.69 Å². The van der Waals surface area contributed by atoms with Crippen molar-refractivity contribution in [2.24, 2.45) is 0 Å². The molecule has 0 saturated carbocycles. The maximum atomic E-state index is 14.0. The van der Waals surface area contributed by atoms with E-state index >= 15 is 0 Å². The zero-order valence-corrected chi connectivity index (χ0v) is 22.4. The van der Waals surface area contributed by atoms with Gasteiger partial charge in [0.05, 0.1) is 23.3 Å². The molecule has 198 valence electrons. The van der Waals surface area contributed by atoms with Gasteiger partial charge in [0, 0.05) is 19.2 Å². The van der Waals surface area contributed by atoms with E-state index < -0.39 is 6.04 Å². The number of hydrogen-bond acceptors (Lipinski definition) is 3.